The van der Waals surface area contributed by atoms with Crippen molar-refractivity contribution in [3.8, 4) is 16.3 Å². The van der Waals surface area contributed by atoms with Crippen LogP contribution in [0.4, 0.5) is 10.1 Å². The van der Waals surface area contributed by atoms with Crippen molar-refractivity contribution in [2.24, 2.45) is 0 Å². The number of ether oxygens (including phenoxy) is 1. The zero-order valence-corrected chi connectivity index (χ0v) is 18.4. The monoisotopic (exact) mass is 449 g/mol. The maximum atomic E-state index is 13.2. The van der Waals surface area contributed by atoms with Crippen LogP contribution in [-0.2, 0) is 10.0 Å². The Balaban J connectivity index is 1.93. The third kappa shape index (κ3) is 4.35. The number of anilines is 1. The van der Waals surface area contributed by atoms with E-state index in [4.69, 9.17) is 4.74 Å². The van der Waals surface area contributed by atoms with Gasteiger partial charge in [-0.3, -0.25) is 4.79 Å². The minimum absolute atomic E-state index is 0.0247. The number of amides is 1. The molecule has 1 aromatic heterocycles. The Labute approximate surface area is 178 Å². The molecule has 3 aromatic rings. The van der Waals surface area contributed by atoms with Gasteiger partial charge in [-0.05, 0) is 49.4 Å². The number of halogens is 1. The summed E-state index contributed by atoms with van der Waals surface area (Å²) in [7, 11) is 0.596. The van der Waals surface area contributed by atoms with Crippen LogP contribution in [0.15, 0.2) is 47.4 Å². The first-order chi connectivity index (χ1) is 14.1. The fraction of sp³-hybridized carbons (Fsp3) is 0.200. The van der Waals surface area contributed by atoms with Gasteiger partial charge in [0.1, 0.15) is 21.5 Å². The second-order valence-corrected chi connectivity index (χ2v) is 9.69. The summed E-state index contributed by atoms with van der Waals surface area (Å²) in [6, 6.07) is 10.1. The second-order valence-electron chi connectivity index (χ2n) is 6.54. The highest BCUT2D eigenvalue weighted by atomic mass is 32.2. The number of methoxy groups -OCH3 is 1. The fourth-order valence-electron chi connectivity index (χ4n) is 2.66. The highest BCUT2D eigenvalue weighted by Gasteiger charge is 2.22. The maximum Gasteiger partial charge on any atom is 0.267 e. The molecule has 30 heavy (non-hydrogen) atoms. The lowest BCUT2D eigenvalue weighted by molar-refractivity contribution is 0.102. The van der Waals surface area contributed by atoms with E-state index in [1.807, 2.05) is 0 Å². The van der Waals surface area contributed by atoms with Crippen molar-refractivity contribution >= 4 is 33.0 Å². The van der Waals surface area contributed by atoms with Crippen LogP contribution in [0.25, 0.3) is 10.6 Å². The van der Waals surface area contributed by atoms with Crippen molar-refractivity contribution in [2.75, 3.05) is 26.5 Å². The number of aromatic nitrogens is 1. The van der Waals surface area contributed by atoms with Gasteiger partial charge in [-0.15, -0.1) is 11.3 Å². The lowest BCUT2D eigenvalue weighted by Gasteiger charge is -2.15. The molecule has 1 heterocycles. The van der Waals surface area contributed by atoms with Gasteiger partial charge in [-0.1, -0.05) is 0 Å². The van der Waals surface area contributed by atoms with E-state index in [9.17, 15) is 17.6 Å². The molecule has 0 atom stereocenters. The predicted octanol–water partition coefficient (Wildman–Crippen LogP) is 3.77. The first kappa shape index (κ1) is 21.9. The van der Waals surface area contributed by atoms with Crippen molar-refractivity contribution in [1.29, 1.82) is 0 Å². The van der Waals surface area contributed by atoms with E-state index in [1.54, 1.807) is 19.1 Å². The average molecular weight is 450 g/mol. The van der Waals surface area contributed by atoms with Crippen molar-refractivity contribution in [3.05, 3.63) is 58.9 Å². The smallest absolute Gasteiger partial charge is 0.267 e. The zero-order chi connectivity index (χ0) is 22.1. The first-order valence-corrected chi connectivity index (χ1v) is 11.0. The number of rotatable bonds is 6. The van der Waals surface area contributed by atoms with Gasteiger partial charge in [0.15, 0.2) is 0 Å². The number of hydrogen-bond acceptors (Lipinski definition) is 6. The van der Waals surface area contributed by atoms with Crippen molar-refractivity contribution < 1.29 is 22.3 Å². The standard InChI is InChI=1S/C20H20FN3O4S2/c1-12-18(29-20(22-12)13-5-7-14(21)8-6-13)19(25)23-16-11-15(9-10-17(16)28-4)30(26,27)24(2)3/h5-11H,1-4H3,(H,23,25). The molecule has 0 saturated carbocycles. The summed E-state index contributed by atoms with van der Waals surface area (Å²) >= 11 is 1.16. The molecular weight excluding hydrogens is 429 g/mol. The van der Waals surface area contributed by atoms with Crippen molar-refractivity contribution in [3.63, 3.8) is 0 Å². The Morgan fingerprint density at radius 2 is 1.83 bits per heavy atom. The summed E-state index contributed by atoms with van der Waals surface area (Å²) in [5.41, 5.74) is 1.43. The lowest BCUT2D eigenvalue weighted by atomic mass is 10.2. The number of carbonyl (C=O) groups excluding carboxylic acids is 1. The zero-order valence-electron chi connectivity index (χ0n) is 16.8. The topological polar surface area (TPSA) is 88.6 Å². The van der Waals surface area contributed by atoms with E-state index in [0.29, 0.717) is 26.9 Å². The Morgan fingerprint density at radius 3 is 2.43 bits per heavy atom. The van der Waals surface area contributed by atoms with Gasteiger partial charge in [-0.25, -0.2) is 22.1 Å². The van der Waals surface area contributed by atoms with E-state index >= 15 is 0 Å². The van der Waals surface area contributed by atoms with Crippen molar-refractivity contribution in [2.45, 2.75) is 11.8 Å². The number of nitrogens with zero attached hydrogens (tertiary/aromatic N) is 2. The summed E-state index contributed by atoms with van der Waals surface area (Å²) in [6.45, 7) is 1.70. The number of thiazole rings is 1. The number of carbonyl (C=O) groups is 1. The molecular formula is C20H20FN3O4S2. The number of hydrogen-bond donors (Lipinski definition) is 1. The molecule has 0 spiro atoms. The summed E-state index contributed by atoms with van der Waals surface area (Å²) in [6.07, 6.45) is 0. The quantitative estimate of drug-likeness (QED) is 0.619. The van der Waals surface area contributed by atoms with Crippen LogP contribution in [0.1, 0.15) is 15.4 Å². The number of aryl methyl sites for hydroxylation is 1. The third-order valence-electron chi connectivity index (χ3n) is 4.29. The Morgan fingerprint density at radius 1 is 1.17 bits per heavy atom. The summed E-state index contributed by atoms with van der Waals surface area (Å²) in [4.78, 5) is 17.7. The highest BCUT2D eigenvalue weighted by Crippen LogP contribution is 2.32. The SMILES string of the molecule is COc1ccc(S(=O)(=O)N(C)C)cc1NC(=O)c1sc(-c2ccc(F)cc2)nc1C. The van der Waals surface area contributed by atoms with Crippen molar-refractivity contribution in [1.82, 2.24) is 9.29 Å². The first-order valence-electron chi connectivity index (χ1n) is 8.78. The molecule has 7 nitrogen and oxygen atoms in total. The summed E-state index contributed by atoms with van der Waals surface area (Å²) < 4.78 is 44.3. The highest BCUT2D eigenvalue weighted by molar-refractivity contribution is 7.89. The molecule has 2 aromatic carbocycles. The van der Waals surface area contributed by atoms with Crippen LogP contribution in [-0.4, -0.2) is 44.8 Å². The van der Waals surface area contributed by atoms with Crippen LogP contribution in [0.2, 0.25) is 0 Å². The number of sulfonamides is 1. The molecule has 158 valence electrons. The van der Waals surface area contributed by atoms with Gasteiger partial charge in [0.2, 0.25) is 10.0 Å². The maximum absolute atomic E-state index is 13.2. The minimum Gasteiger partial charge on any atom is -0.495 e. The number of benzene rings is 2. The normalized spacial score (nSPS) is 11.5. The predicted molar refractivity (Wildman–Crippen MR) is 114 cm³/mol. The van der Waals surface area contributed by atoms with Crippen LogP contribution >= 0.6 is 11.3 Å². The molecule has 0 saturated heterocycles. The van der Waals surface area contributed by atoms with Gasteiger partial charge in [0.25, 0.3) is 5.91 Å². The summed E-state index contributed by atoms with van der Waals surface area (Å²) in [5, 5.41) is 3.28. The van der Waals surface area contributed by atoms with Gasteiger partial charge in [-0.2, -0.15) is 0 Å². The minimum atomic E-state index is -3.68. The molecule has 0 bridgehead atoms. The number of nitrogens with one attached hydrogen (secondary N) is 1. The molecule has 0 aliphatic heterocycles. The van der Waals surface area contributed by atoms with Crippen LogP contribution in [0, 0.1) is 12.7 Å². The molecule has 1 N–H and O–H groups in total. The molecule has 0 fully saturated rings. The molecule has 0 aliphatic carbocycles. The van der Waals surface area contributed by atoms with Gasteiger partial charge < -0.3 is 10.1 Å². The lowest BCUT2D eigenvalue weighted by Crippen LogP contribution is -2.22. The molecule has 0 radical (unpaired) electrons. The van der Waals surface area contributed by atoms with Crippen LogP contribution < -0.4 is 10.1 Å². The second kappa shape index (κ2) is 8.50. The van der Waals surface area contributed by atoms with Gasteiger partial charge in [0, 0.05) is 19.7 Å². The molecule has 10 heteroatoms. The van der Waals surface area contributed by atoms with E-state index < -0.39 is 15.9 Å². The summed E-state index contributed by atoms with van der Waals surface area (Å²) in [5.74, 6) is -0.484. The van der Waals surface area contributed by atoms with E-state index in [2.05, 4.69) is 10.3 Å². The Kier molecular flexibility index (Phi) is 6.20. The van der Waals surface area contributed by atoms with E-state index in [-0.39, 0.29) is 16.4 Å². The fourth-order valence-corrected chi connectivity index (χ4v) is 4.55. The van der Waals surface area contributed by atoms with E-state index in [1.165, 1.54) is 51.5 Å². The largest absolute Gasteiger partial charge is 0.495 e. The Bertz CT molecular complexity index is 1190. The van der Waals surface area contributed by atoms with Gasteiger partial charge >= 0.3 is 0 Å². The van der Waals surface area contributed by atoms with Crippen LogP contribution in [0.3, 0.4) is 0 Å². The van der Waals surface area contributed by atoms with Gasteiger partial charge in [0.05, 0.1) is 23.4 Å². The molecule has 0 aliphatic rings. The Hall–Kier alpha value is -2.82. The molecule has 0 unspecified atom stereocenters. The van der Waals surface area contributed by atoms with E-state index in [0.717, 1.165) is 15.6 Å². The molecule has 1 amide bonds. The molecule has 3 rings (SSSR count). The third-order valence-corrected chi connectivity index (χ3v) is 7.31. The van der Waals surface area contributed by atoms with Crippen LogP contribution in [0.5, 0.6) is 5.75 Å². The average Bonchev–Trinajstić information content (AvgIpc) is 3.10.